The van der Waals surface area contributed by atoms with E-state index in [0.717, 1.165) is 44.5 Å². The molecule has 0 atom stereocenters. The Labute approximate surface area is 326 Å². The summed E-state index contributed by atoms with van der Waals surface area (Å²) in [6, 6.07) is 43.4. The number of aromatic nitrogens is 9. The van der Waals surface area contributed by atoms with Gasteiger partial charge in [0.05, 0.1) is 16.9 Å². The lowest BCUT2D eigenvalue weighted by molar-refractivity contribution is 0.736. The van der Waals surface area contributed by atoms with E-state index in [1.807, 2.05) is 237 Å². The minimum absolute atomic E-state index is 0.918. The van der Waals surface area contributed by atoms with Crippen LogP contribution in [-0.2, 0) is 7.05 Å². The van der Waals surface area contributed by atoms with Crippen molar-refractivity contribution < 1.29 is 0 Å². The van der Waals surface area contributed by atoms with Gasteiger partial charge in [0.25, 0.3) is 0 Å². The van der Waals surface area contributed by atoms with Gasteiger partial charge in [0, 0.05) is 7.05 Å². The second-order valence-electron chi connectivity index (χ2n) is 8.83. The SMILES string of the molecule is CC.CC.CC.CC.CC.CC.CC.Cn1nnc2ccccc21.c1ccc(-n2nc3ccccc3n2)cc1.c1ccc(-n2nc3ccccc3n2)cc1. The molecule has 0 spiro atoms. The summed E-state index contributed by atoms with van der Waals surface area (Å²) in [5, 5.41) is 25.3. The molecule has 3 aromatic heterocycles. The Hall–Kier alpha value is -5.70. The van der Waals surface area contributed by atoms with Crippen LogP contribution in [0.2, 0.25) is 0 Å². The molecule has 0 amide bonds. The van der Waals surface area contributed by atoms with Crippen molar-refractivity contribution in [3.8, 4) is 11.4 Å². The highest BCUT2D eigenvalue weighted by Crippen LogP contribution is 2.12. The monoisotopic (exact) mass is 734 g/mol. The molecule has 8 aromatic rings. The Kier molecular flexibility index (Phi) is 31.0. The highest BCUT2D eigenvalue weighted by Gasteiger charge is 2.03. The highest BCUT2D eigenvalue weighted by molar-refractivity contribution is 5.74. The number of fused-ring (bicyclic) bond motifs is 3. The fourth-order valence-electron chi connectivity index (χ4n) is 4.06. The van der Waals surface area contributed by atoms with Crippen LogP contribution in [0.4, 0.5) is 0 Å². The van der Waals surface area contributed by atoms with Crippen LogP contribution in [0.15, 0.2) is 133 Å². The summed E-state index contributed by atoms with van der Waals surface area (Å²) >= 11 is 0. The first-order valence-electron chi connectivity index (χ1n) is 19.7. The van der Waals surface area contributed by atoms with E-state index in [1.165, 1.54) is 0 Å². The quantitative estimate of drug-likeness (QED) is 0.176. The first kappa shape index (κ1) is 50.4. The number of aryl methyl sites for hydroxylation is 1. The van der Waals surface area contributed by atoms with Crippen molar-refractivity contribution in [3.05, 3.63) is 133 Å². The van der Waals surface area contributed by atoms with Crippen molar-refractivity contribution in [1.29, 1.82) is 0 Å². The molecule has 0 unspecified atom stereocenters. The third-order valence-electron chi connectivity index (χ3n) is 6.06. The molecular weight excluding hydrogens is 667 g/mol. The molecule has 0 N–H and O–H groups in total. The van der Waals surface area contributed by atoms with Crippen LogP contribution in [0.25, 0.3) is 44.5 Å². The van der Waals surface area contributed by atoms with Gasteiger partial charge in [0.2, 0.25) is 0 Å². The maximum Gasteiger partial charge on any atom is 0.113 e. The van der Waals surface area contributed by atoms with Crippen LogP contribution >= 0.6 is 0 Å². The van der Waals surface area contributed by atoms with Crippen molar-refractivity contribution in [2.75, 3.05) is 0 Å². The molecule has 8 rings (SSSR count). The van der Waals surface area contributed by atoms with Crippen molar-refractivity contribution in [1.82, 2.24) is 45.0 Å². The average molecular weight is 734 g/mol. The van der Waals surface area contributed by atoms with Gasteiger partial charge in [-0.15, -0.1) is 25.5 Å². The Balaban J connectivity index is 0. The maximum atomic E-state index is 4.39. The van der Waals surface area contributed by atoms with Gasteiger partial charge < -0.3 is 0 Å². The van der Waals surface area contributed by atoms with Crippen LogP contribution in [0.1, 0.15) is 96.9 Å². The standard InChI is InChI=1S/2C12H9N3.C7H7N3.7C2H6/c2*1-2-6-10(7-3-1)15-13-11-8-4-5-9-12(11)14-15;1-10-7-5-3-2-4-6(7)8-9-10;7*1-2/h2*1-9H;2-5H,1H3;7*1-2H3. The van der Waals surface area contributed by atoms with E-state index in [1.54, 1.807) is 14.3 Å². The normalized spacial score (nSPS) is 8.65. The molecular formula is C45H67N9. The fraction of sp³-hybridized carbons (Fsp3) is 0.333. The molecule has 0 fully saturated rings. The van der Waals surface area contributed by atoms with Gasteiger partial charge in [-0.3, -0.25) is 0 Å². The molecule has 3 heterocycles. The van der Waals surface area contributed by atoms with Gasteiger partial charge in [0.15, 0.2) is 0 Å². The number of nitrogens with zero attached hydrogens (tertiary/aromatic N) is 9. The maximum absolute atomic E-state index is 4.39. The van der Waals surface area contributed by atoms with Crippen LogP contribution in [0, 0.1) is 0 Å². The van der Waals surface area contributed by atoms with Crippen LogP contribution in [0.5, 0.6) is 0 Å². The summed E-state index contributed by atoms with van der Waals surface area (Å²) < 4.78 is 1.76. The van der Waals surface area contributed by atoms with Gasteiger partial charge in [-0.1, -0.05) is 175 Å². The van der Waals surface area contributed by atoms with E-state index < -0.39 is 0 Å². The largest absolute Gasteiger partial charge is 0.248 e. The summed E-state index contributed by atoms with van der Waals surface area (Å²) in [4.78, 5) is 3.31. The highest BCUT2D eigenvalue weighted by atomic mass is 15.5. The zero-order valence-electron chi connectivity index (χ0n) is 35.7. The first-order chi connectivity index (χ1) is 26.7. The summed E-state index contributed by atoms with van der Waals surface area (Å²) in [5.74, 6) is 0. The molecule has 0 bridgehead atoms. The van der Waals surface area contributed by atoms with E-state index in [4.69, 9.17) is 0 Å². The molecule has 54 heavy (non-hydrogen) atoms. The Bertz CT molecular complexity index is 1800. The van der Waals surface area contributed by atoms with Crippen LogP contribution < -0.4 is 0 Å². The topological polar surface area (TPSA) is 92.1 Å². The average Bonchev–Trinajstić information content (AvgIpc) is 4.04. The smallest absolute Gasteiger partial charge is 0.113 e. The number of hydrogen-bond donors (Lipinski definition) is 0. The molecule has 0 radical (unpaired) electrons. The number of hydrogen-bond acceptors (Lipinski definition) is 6. The lowest BCUT2D eigenvalue weighted by Crippen LogP contribution is -1.97. The summed E-state index contributed by atoms with van der Waals surface area (Å²) in [6.45, 7) is 28.0. The molecule has 292 valence electrons. The number of rotatable bonds is 2. The molecule has 9 nitrogen and oxygen atoms in total. The first-order valence-corrected chi connectivity index (χ1v) is 19.7. The zero-order valence-corrected chi connectivity index (χ0v) is 35.7. The summed E-state index contributed by atoms with van der Waals surface area (Å²) in [7, 11) is 1.88. The molecule has 9 heteroatoms. The van der Waals surface area contributed by atoms with Crippen molar-refractivity contribution in [2.24, 2.45) is 7.05 Å². The zero-order chi connectivity index (χ0) is 41.1. The second-order valence-corrected chi connectivity index (χ2v) is 8.83. The third kappa shape index (κ3) is 16.3. The number of benzene rings is 5. The Morgan fingerprint density at radius 1 is 0.315 bits per heavy atom. The molecule has 0 aliphatic heterocycles. The van der Waals surface area contributed by atoms with Gasteiger partial charge >= 0.3 is 0 Å². The lowest BCUT2D eigenvalue weighted by atomic mass is 10.3. The van der Waals surface area contributed by atoms with Crippen molar-refractivity contribution in [2.45, 2.75) is 96.9 Å². The molecule has 0 saturated carbocycles. The van der Waals surface area contributed by atoms with Gasteiger partial charge in [-0.25, -0.2) is 4.68 Å². The molecule has 0 aliphatic carbocycles. The van der Waals surface area contributed by atoms with Crippen molar-refractivity contribution >= 4 is 33.1 Å². The van der Waals surface area contributed by atoms with E-state index in [9.17, 15) is 0 Å². The summed E-state index contributed by atoms with van der Waals surface area (Å²) in [6.07, 6.45) is 0. The van der Waals surface area contributed by atoms with Crippen LogP contribution in [0.3, 0.4) is 0 Å². The van der Waals surface area contributed by atoms with E-state index in [-0.39, 0.29) is 0 Å². The molecule has 0 aliphatic rings. The van der Waals surface area contributed by atoms with E-state index in [0.29, 0.717) is 0 Å². The molecule has 0 saturated heterocycles. The van der Waals surface area contributed by atoms with Gasteiger partial charge in [-0.05, 0) is 60.7 Å². The predicted octanol–water partition coefficient (Wildman–Crippen LogP) is 13.0. The number of para-hydroxylation sites is 3. The summed E-state index contributed by atoms with van der Waals surface area (Å²) in [5.41, 5.74) is 7.65. The predicted molar refractivity (Wildman–Crippen MR) is 236 cm³/mol. The Morgan fingerprint density at radius 2 is 0.574 bits per heavy atom. The van der Waals surface area contributed by atoms with E-state index in [2.05, 4.69) is 30.7 Å². The van der Waals surface area contributed by atoms with E-state index >= 15 is 0 Å². The van der Waals surface area contributed by atoms with Gasteiger partial charge in [-0.2, -0.15) is 9.59 Å². The lowest BCUT2D eigenvalue weighted by Gasteiger charge is -1.96. The van der Waals surface area contributed by atoms with Gasteiger partial charge in [0.1, 0.15) is 27.6 Å². The minimum atomic E-state index is 0.918. The fourth-order valence-corrected chi connectivity index (χ4v) is 4.06. The third-order valence-corrected chi connectivity index (χ3v) is 6.06. The second kappa shape index (κ2) is 33.2. The minimum Gasteiger partial charge on any atom is -0.248 e. The Morgan fingerprint density at radius 3 is 0.870 bits per heavy atom. The van der Waals surface area contributed by atoms with Crippen LogP contribution in [-0.4, -0.2) is 45.0 Å². The van der Waals surface area contributed by atoms with Crippen molar-refractivity contribution in [3.63, 3.8) is 0 Å². The molecule has 5 aromatic carbocycles.